The van der Waals surface area contributed by atoms with E-state index in [0.717, 1.165) is 25.2 Å². The fourth-order valence-corrected chi connectivity index (χ4v) is 1.58. The van der Waals surface area contributed by atoms with Gasteiger partial charge >= 0.3 is 0 Å². The number of nitrogens with one attached hydrogen (secondary N) is 3. The Kier molecular flexibility index (Phi) is 4.33. The zero-order chi connectivity index (χ0) is 12.8. The Hall–Kier alpha value is -1.85. The number of carbonyl (C=O) groups is 1. The molecule has 1 heterocycles. The molecule has 1 aliphatic carbocycles. The van der Waals surface area contributed by atoms with Crippen LogP contribution in [-0.4, -0.2) is 35.5 Å². The van der Waals surface area contributed by atoms with Crippen molar-refractivity contribution in [1.29, 1.82) is 0 Å². The lowest BCUT2D eigenvalue weighted by molar-refractivity contribution is -0.122. The molecule has 0 unspecified atom stereocenters. The smallest absolute Gasteiger partial charge is 0.223 e. The summed E-state index contributed by atoms with van der Waals surface area (Å²) in [5.74, 6) is 1.91. The summed E-state index contributed by atoms with van der Waals surface area (Å²) in [5, 5.41) is 9.12. The molecule has 2 rings (SSSR count). The van der Waals surface area contributed by atoms with Gasteiger partial charge in [0.2, 0.25) is 5.91 Å². The van der Waals surface area contributed by atoms with Gasteiger partial charge < -0.3 is 16.0 Å². The number of nitrogens with zero attached hydrogens (tertiary/aromatic N) is 2. The Labute approximate surface area is 107 Å². The molecule has 0 aromatic carbocycles. The number of amides is 1. The summed E-state index contributed by atoms with van der Waals surface area (Å²) in [6, 6.07) is 0. The lowest BCUT2D eigenvalue weighted by Crippen LogP contribution is -2.29. The zero-order valence-electron chi connectivity index (χ0n) is 10.6. The van der Waals surface area contributed by atoms with Crippen LogP contribution in [0.5, 0.6) is 0 Å². The first kappa shape index (κ1) is 12.6. The molecule has 1 aliphatic rings. The van der Waals surface area contributed by atoms with E-state index in [0.29, 0.717) is 18.9 Å². The molecule has 18 heavy (non-hydrogen) atoms. The third kappa shape index (κ3) is 3.87. The molecular formula is C12H19N5O. The van der Waals surface area contributed by atoms with Crippen molar-refractivity contribution >= 4 is 17.5 Å². The molecule has 1 aromatic heterocycles. The van der Waals surface area contributed by atoms with E-state index >= 15 is 0 Å². The average Bonchev–Trinajstić information content (AvgIpc) is 3.19. The minimum atomic E-state index is 0.171. The van der Waals surface area contributed by atoms with Crippen LogP contribution in [0.1, 0.15) is 19.8 Å². The molecule has 0 bridgehead atoms. The van der Waals surface area contributed by atoms with Gasteiger partial charge in [0, 0.05) is 25.6 Å². The summed E-state index contributed by atoms with van der Waals surface area (Å²) in [4.78, 5) is 19.8. The molecule has 3 N–H and O–H groups in total. The van der Waals surface area contributed by atoms with E-state index in [1.54, 1.807) is 12.4 Å². The first-order chi connectivity index (χ1) is 8.79. The number of aromatic nitrogens is 2. The highest BCUT2D eigenvalue weighted by Gasteiger charge is 2.28. The second-order valence-electron chi connectivity index (χ2n) is 4.31. The molecule has 0 aliphatic heterocycles. The van der Waals surface area contributed by atoms with Crippen LogP contribution in [0, 0.1) is 5.92 Å². The van der Waals surface area contributed by atoms with Crippen LogP contribution < -0.4 is 16.0 Å². The second-order valence-corrected chi connectivity index (χ2v) is 4.31. The maximum atomic E-state index is 11.4. The van der Waals surface area contributed by atoms with Gasteiger partial charge in [-0.1, -0.05) is 0 Å². The largest absolute Gasteiger partial charge is 0.369 e. The van der Waals surface area contributed by atoms with Crippen molar-refractivity contribution in [3.63, 3.8) is 0 Å². The third-order valence-corrected chi connectivity index (χ3v) is 2.67. The highest BCUT2D eigenvalue weighted by Crippen LogP contribution is 2.28. The van der Waals surface area contributed by atoms with Gasteiger partial charge in [-0.2, -0.15) is 0 Å². The zero-order valence-corrected chi connectivity index (χ0v) is 10.6. The number of rotatable bonds is 7. The van der Waals surface area contributed by atoms with Gasteiger partial charge in [-0.3, -0.25) is 9.78 Å². The van der Waals surface area contributed by atoms with E-state index < -0.39 is 0 Å². The van der Waals surface area contributed by atoms with E-state index in [-0.39, 0.29) is 11.8 Å². The SMILES string of the molecule is CCNc1cncc(NCCNC(=O)C2CC2)n1. The van der Waals surface area contributed by atoms with Gasteiger partial charge in [0.1, 0.15) is 11.6 Å². The second kappa shape index (κ2) is 6.18. The van der Waals surface area contributed by atoms with Gasteiger partial charge in [-0.25, -0.2) is 4.98 Å². The fraction of sp³-hybridized carbons (Fsp3) is 0.583. The lowest BCUT2D eigenvalue weighted by Gasteiger charge is -2.08. The average molecular weight is 249 g/mol. The fourth-order valence-electron chi connectivity index (χ4n) is 1.58. The standard InChI is InChI=1S/C12H19N5O/c1-2-14-10-7-13-8-11(17-10)15-5-6-16-12(18)9-3-4-9/h7-9H,2-6H2,1H3,(H,16,18)(H2,14,15,17). The van der Waals surface area contributed by atoms with Gasteiger partial charge in [0.15, 0.2) is 0 Å². The Morgan fingerprint density at radius 3 is 2.67 bits per heavy atom. The minimum absolute atomic E-state index is 0.171. The van der Waals surface area contributed by atoms with Crippen molar-refractivity contribution in [3.05, 3.63) is 12.4 Å². The Morgan fingerprint density at radius 2 is 2.00 bits per heavy atom. The van der Waals surface area contributed by atoms with Gasteiger partial charge in [0.25, 0.3) is 0 Å². The van der Waals surface area contributed by atoms with E-state index in [4.69, 9.17) is 0 Å². The normalized spacial score (nSPS) is 14.1. The predicted octanol–water partition coefficient (Wildman–Crippen LogP) is 0.846. The van der Waals surface area contributed by atoms with Crippen LogP contribution in [0.25, 0.3) is 0 Å². The predicted molar refractivity (Wildman–Crippen MR) is 70.4 cm³/mol. The number of carbonyl (C=O) groups excluding carboxylic acids is 1. The molecule has 6 heteroatoms. The topological polar surface area (TPSA) is 78.9 Å². The van der Waals surface area contributed by atoms with Gasteiger partial charge in [-0.15, -0.1) is 0 Å². The Balaban J connectivity index is 1.68. The summed E-state index contributed by atoms with van der Waals surface area (Å²) in [6.07, 6.45) is 5.43. The molecule has 6 nitrogen and oxygen atoms in total. The molecule has 0 spiro atoms. The van der Waals surface area contributed by atoms with Crippen molar-refractivity contribution in [1.82, 2.24) is 15.3 Å². The number of hydrogen-bond acceptors (Lipinski definition) is 5. The number of hydrogen-bond donors (Lipinski definition) is 3. The van der Waals surface area contributed by atoms with Crippen LogP contribution >= 0.6 is 0 Å². The summed E-state index contributed by atoms with van der Waals surface area (Å²) in [6.45, 7) is 4.09. The molecule has 1 fully saturated rings. The van der Waals surface area contributed by atoms with Crippen LogP contribution in [0.3, 0.4) is 0 Å². The molecule has 1 saturated carbocycles. The highest BCUT2D eigenvalue weighted by molar-refractivity contribution is 5.80. The number of anilines is 2. The Morgan fingerprint density at radius 1 is 1.28 bits per heavy atom. The minimum Gasteiger partial charge on any atom is -0.369 e. The van der Waals surface area contributed by atoms with Crippen LogP contribution in [-0.2, 0) is 4.79 Å². The molecule has 0 radical (unpaired) electrons. The van der Waals surface area contributed by atoms with E-state index in [9.17, 15) is 4.79 Å². The molecule has 1 amide bonds. The molecule has 98 valence electrons. The third-order valence-electron chi connectivity index (χ3n) is 2.67. The molecular weight excluding hydrogens is 230 g/mol. The van der Waals surface area contributed by atoms with Crippen LogP contribution in [0.4, 0.5) is 11.6 Å². The summed E-state index contributed by atoms with van der Waals surface area (Å²) >= 11 is 0. The van der Waals surface area contributed by atoms with Crippen molar-refractivity contribution in [3.8, 4) is 0 Å². The molecule has 1 aromatic rings. The van der Waals surface area contributed by atoms with E-state index in [1.807, 2.05) is 6.92 Å². The Bertz CT molecular complexity index is 405. The quantitative estimate of drug-likeness (QED) is 0.624. The molecule has 0 atom stereocenters. The van der Waals surface area contributed by atoms with Gasteiger partial charge in [-0.05, 0) is 19.8 Å². The van der Waals surface area contributed by atoms with Gasteiger partial charge in [0.05, 0.1) is 12.4 Å². The summed E-state index contributed by atoms with van der Waals surface area (Å²) in [5.41, 5.74) is 0. The maximum Gasteiger partial charge on any atom is 0.223 e. The highest BCUT2D eigenvalue weighted by atomic mass is 16.2. The molecule has 0 saturated heterocycles. The van der Waals surface area contributed by atoms with Crippen LogP contribution in [0.15, 0.2) is 12.4 Å². The maximum absolute atomic E-state index is 11.4. The van der Waals surface area contributed by atoms with Crippen molar-refractivity contribution < 1.29 is 4.79 Å². The van der Waals surface area contributed by atoms with Crippen molar-refractivity contribution in [2.24, 2.45) is 5.92 Å². The summed E-state index contributed by atoms with van der Waals surface area (Å²) < 4.78 is 0. The van der Waals surface area contributed by atoms with E-state index in [1.165, 1.54) is 0 Å². The first-order valence-electron chi connectivity index (χ1n) is 6.37. The van der Waals surface area contributed by atoms with Crippen LogP contribution in [0.2, 0.25) is 0 Å². The summed E-state index contributed by atoms with van der Waals surface area (Å²) in [7, 11) is 0. The first-order valence-corrected chi connectivity index (χ1v) is 6.37. The lowest BCUT2D eigenvalue weighted by atomic mass is 10.4. The van der Waals surface area contributed by atoms with Crippen molar-refractivity contribution in [2.45, 2.75) is 19.8 Å². The van der Waals surface area contributed by atoms with E-state index in [2.05, 4.69) is 25.9 Å². The van der Waals surface area contributed by atoms with Crippen molar-refractivity contribution in [2.75, 3.05) is 30.3 Å². The monoisotopic (exact) mass is 249 g/mol.